The first kappa shape index (κ1) is 29.8. The highest BCUT2D eigenvalue weighted by atomic mass is 16.6. The molecule has 1 aliphatic heterocycles. The van der Waals surface area contributed by atoms with Crippen molar-refractivity contribution in [3.05, 3.63) is 77.9 Å². The van der Waals surface area contributed by atoms with Crippen molar-refractivity contribution in [3.63, 3.8) is 0 Å². The number of ether oxygens (including phenoxy) is 2. The lowest BCUT2D eigenvalue weighted by Gasteiger charge is -2.60. The van der Waals surface area contributed by atoms with E-state index in [-0.39, 0.29) is 29.8 Å². The first-order valence-electron chi connectivity index (χ1n) is 15.0. The average Bonchev–Trinajstić information content (AvgIpc) is 2.94. The molecule has 5 rings (SSSR count). The number of carbonyl (C=O) groups is 3. The van der Waals surface area contributed by atoms with Gasteiger partial charge in [0.25, 0.3) is 5.91 Å². The van der Waals surface area contributed by atoms with Crippen LogP contribution in [0.5, 0.6) is 5.75 Å². The molecule has 7 heteroatoms. The van der Waals surface area contributed by atoms with Crippen LogP contribution >= 0.6 is 0 Å². The third-order valence-electron chi connectivity index (χ3n) is 9.03. The van der Waals surface area contributed by atoms with Crippen LogP contribution in [0.4, 0.5) is 0 Å². The van der Waals surface area contributed by atoms with Crippen LogP contribution in [0.2, 0.25) is 0 Å². The van der Waals surface area contributed by atoms with Crippen LogP contribution in [0.3, 0.4) is 0 Å². The molecule has 1 saturated carbocycles. The number of nitrogens with zero attached hydrogens (tertiary/aromatic N) is 2. The lowest BCUT2D eigenvalue weighted by Crippen LogP contribution is -2.68. The summed E-state index contributed by atoms with van der Waals surface area (Å²) in [7, 11) is 2.06. The second-order valence-electron chi connectivity index (χ2n) is 12.6. The largest absolute Gasteiger partial charge is 0.457 e. The molecule has 7 nitrogen and oxygen atoms in total. The maximum absolute atomic E-state index is 14.3. The van der Waals surface area contributed by atoms with Gasteiger partial charge in [0, 0.05) is 44.0 Å². The number of fused-ring (bicyclic) bond motifs is 2. The van der Waals surface area contributed by atoms with Crippen molar-refractivity contribution in [2.45, 2.75) is 70.4 Å². The topological polar surface area (TPSA) is 76.2 Å². The number of piperidine rings is 1. The van der Waals surface area contributed by atoms with E-state index in [1.165, 1.54) is 13.8 Å². The summed E-state index contributed by atoms with van der Waals surface area (Å²) < 4.78 is 11.8. The summed E-state index contributed by atoms with van der Waals surface area (Å²) in [5.74, 6) is 0.0744. The molecule has 2 fully saturated rings. The molecule has 1 aliphatic carbocycles. The van der Waals surface area contributed by atoms with Crippen LogP contribution in [-0.2, 0) is 19.7 Å². The van der Waals surface area contributed by atoms with E-state index in [4.69, 9.17) is 9.47 Å². The van der Waals surface area contributed by atoms with Gasteiger partial charge < -0.3 is 19.3 Å². The van der Waals surface area contributed by atoms with Gasteiger partial charge in [0.15, 0.2) is 0 Å². The highest BCUT2D eigenvalue weighted by Crippen LogP contribution is 2.55. The predicted octanol–water partition coefficient (Wildman–Crippen LogP) is 5.99. The van der Waals surface area contributed by atoms with E-state index in [9.17, 15) is 14.4 Å². The number of likely N-dealkylation sites (N-methyl/N-ethyl adjacent to an activating group) is 1. The highest BCUT2D eigenvalue weighted by Gasteiger charge is 2.61. The fraction of sp³-hybridized carbons (Fsp3) is 0.457. The zero-order valence-corrected chi connectivity index (χ0v) is 25.4. The van der Waals surface area contributed by atoms with Gasteiger partial charge in [0.05, 0.1) is 0 Å². The van der Waals surface area contributed by atoms with Gasteiger partial charge in [-0.2, -0.15) is 0 Å². The molecular formula is C35H42N2O5. The van der Waals surface area contributed by atoms with Crippen molar-refractivity contribution >= 4 is 28.6 Å². The third kappa shape index (κ3) is 5.80. The Kier molecular flexibility index (Phi) is 8.42. The molecule has 3 atom stereocenters. The van der Waals surface area contributed by atoms with E-state index in [1.807, 2.05) is 48.5 Å². The molecule has 0 radical (unpaired) electrons. The van der Waals surface area contributed by atoms with Crippen LogP contribution in [-0.4, -0.2) is 66.0 Å². The number of likely N-dealkylation sites (tertiary alicyclic amines) is 1. The number of esters is 2. The molecule has 222 valence electrons. The third-order valence-corrected chi connectivity index (χ3v) is 9.03. The molecule has 1 saturated heterocycles. The van der Waals surface area contributed by atoms with E-state index < -0.39 is 11.0 Å². The molecule has 0 unspecified atom stereocenters. The van der Waals surface area contributed by atoms with Crippen LogP contribution < -0.4 is 4.74 Å². The lowest BCUT2D eigenvalue weighted by molar-refractivity contribution is -0.187. The standard InChI is InChI=1S/C35H42N2O5/c1-24(2)22-37(33(40)29-14-13-27-9-6-7-10-28(27)19-29)31-15-16-35(42-26(4)39)23-36(5)18-17-34(35,21-31)30-11-8-12-32(20-30)41-25(3)38/h6-14,19-20,24,31H,15-18,21-23H2,1-5H3/t31-,34-,35-/m0/s1. The second kappa shape index (κ2) is 11.9. The van der Waals surface area contributed by atoms with Gasteiger partial charge in [0.2, 0.25) is 0 Å². The van der Waals surface area contributed by atoms with Gasteiger partial charge in [-0.25, -0.2) is 0 Å². The molecule has 0 aromatic heterocycles. The summed E-state index contributed by atoms with van der Waals surface area (Å²) in [4.78, 5) is 43.0. The summed E-state index contributed by atoms with van der Waals surface area (Å²) in [6, 6.07) is 21.6. The van der Waals surface area contributed by atoms with Crippen molar-refractivity contribution in [2.24, 2.45) is 5.92 Å². The van der Waals surface area contributed by atoms with Gasteiger partial charge in [0.1, 0.15) is 11.4 Å². The van der Waals surface area contributed by atoms with Crippen molar-refractivity contribution in [3.8, 4) is 5.75 Å². The average molecular weight is 571 g/mol. The van der Waals surface area contributed by atoms with Crippen molar-refractivity contribution in [2.75, 3.05) is 26.7 Å². The van der Waals surface area contributed by atoms with Gasteiger partial charge >= 0.3 is 11.9 Å². The monoisotopic (exact) mass is 570 g/mol. The van der Waals surface area contributed by atoms with Crippen LogP contribution in [0.25, 0.3) is 10.8 Å². The van der Waals surface area contributed by atoms with Gasteiger partial charge in [-0.05, 0) is 85.8 Å². The Balaban J connectivity index is 1.59. The Morgan fingerprint density at radius 2 is 1.71 bits per heavy atom. The Hall–Kier alpha value is -3.71. The van der Waals surface area contributed by atoms with E-state index in [0.717, 1.165) is 35.7 Å². The van der Waals surface area contributed by atoms with Crippen LogP contribution in [0, 0.1) is 5.92 Å². The Morgan fingerprint density at radius 1 is 0.952 bits per heavy atom. The normalized spacial score (nSPS) is 24.2. The molecule has 42 heavy (non-hydrogen) atoms. The molecular weight excluding hydrogens is 528 g/mol. The smallest absolute Gasteiger partial charge is 0.308 e. The number of hydrogen-bond donors (Lipinski definition) is 0. The van der Waals surface area contributed by atoms with E-state index >= 15 is 0 Å². The molecule has 3 aromatic carbocycles. The minimum absolute atomic E-state index is 0.0242. The molecule has 1 amide bonds. The highest BCUT2D eigenvalue weighted by molar-refractivity contribution is 5.98. The van der Waals surface area contributed by atoms with Crippen molar-refractivity contribution < 1.29 is 23.9 Å². The van der Waals surface area contributed by atoms with Crippen LogP contribution in [0.15, 0.2) is 66.7 Å². The SMILES string of the molecule is CC(=O)Oc1cccc([C@@]23CCN(C)C[C@@]2(OC(C)=O)CC[C@H](N(CC(C)C)C(=O)c2ccc4ccccc4c2)C3)c1. The molecule has 0 bridgehead atoms. The van der Waals surface area contributed by atoms with Gasteiger partial charge in [-0.15, -0.1) is 0 Å². The maximum Gasteiger partial charge on any atom is 0.308 e. The number of hydrogen-bond acceptors (Lipinski definition) is 6. The minimum atomic E-state index is -0.771. The molecule has 1 heterocycles. The molecule has 3 aromatic rings. The number of rotatable bonds is 7. The van der Waals surface area contributed by atoms with E-state index in [2.05, 4.69) is 42.8 Å². The number of benzene rings is 3. The zero-order valence-electron chi connectivity index (χ0n) is 25.4. The summed E-state index contributed by atoms with van der Waals surface area (Å²) >= 11 is 0. The van der Waals surface area contributed by atoms with Crippen molar-refractivity contribution in [1.82, 2.24) is 9.80 Å². The van der Waals surface area contributed by atoms with Gasteiger partial charge in [-0.3, -0.25) is 14.4 Å². The second-order valence-corrected chi connectivity index (χ2v) is 12.6. The minimum Gasteiger partial charge on any atom is -0.457 e. The fourth-order valence-corrected chi connectivity index (χ4v) is 7.34. The summed E-state index contributed by atoms with van der Waals surface area (Å²) in [5, 5.41) is 2.14. The summed E-state index contributed by atoms with van der Waals surface area (Å²) in [5.41, 5.74) is 0.318. The number of carbonyl (C=O) groups excluding carboxylic acids is 3. The Morgan fingerprint density at radius 3 is 2.43 bits per heavy atom. The van der Waals surface area contributed by atoms with Crippen molar-refractivity contribution in [1.29, 1.82) is 0 Å². The van der Waals surface area contributed by atoms with E-state index in [0.29, 0.717) is 37.2 Å². The first-order valence-corrected chi connectivity index (χ1v) is 15.0. The molecule has 0 N–H and O–H groups in total. The summed E-state index contributed by atoms with van der Waals surface area (Å²) in [6.07, 6.45) is 2.73. The fourth-order valence-electron chi connectivity index (χ4n) is 7.34. The quantitative estimate of drug-likeness (QED) is 0.257. The predicted molar refractivity (Wildman–Crippen MR) is 164 cm³/mol. The molecule has 2 aliphatic rings. The van der Waals surface area contributed by atoms with E-state index in [1.54, 1.807) is 6.07 Å². The Labute approximate surface area is 248 Å². The first-order chi connectivity index (χ1) is 20.0. The summed E-state index contributed by atoms with van der Waals surface area (Å²) in [6.45, 7) is 9.18. The maximum atomic E-state index is 14.3. The Bertz CT molecular complexity index is 1480. The zero-order chi connectivity index (χ0) is 30.1. The molecule has 0 spiro atoms. The number of amides is 1. The van der Waals surface area contributed by atoms with Crippen LogP contribution in [0.1, 0.15) is 69.3 Å². The van der Waals surface area contributed by atoms with Gasteiger partial charge in [-0.1, -0.05) is 56.3 Å². The lowest BCUT2D eigenvalue weighted by atomic mass is 9.55.